The number of carbonyl (C=O) groups is 1. The van der Waals surface area contributed by atoms with E-state index < -0.39 is 0 Å². The van der Waals surface area contributed by atoms with E-state index in [0.29, 0.717) is 5.56 Å². The van der Waals surface area contributed by atoms with E-state index in [1.807, 2.05) is 47.3 Å². The minimum absolute atomic E-state index is 0.0182. The predicted octanol–water partition coefficient (Wildman–Crippen LogP) is 2.41. The van der Waals surface area contributed by atoms with Crippen LogP contribution in [0, 0.1) is 12.3 Å². The normalized spacial score (nSPS) is 15.0. The number of carbonyl (C=O) groups excluding carboxylic acids is 1. The fraction of sp³-hybridized carbons (Fsp3) is 0.350. The maximum atomic E-state index is 12.5. The van der Waals surface area contributed by atoms with Crippen molar-refractivity contribution in [1.29, 1.82) is 0 Å². The summed E-state index contributed by atoms with van der Waals surface area (Å²) in [5.41, 5.74) is 2.40. The number of likely N-dealkylation sites (N-methyl/N-ethyl adjacent to an activating group) is 1. The summed E-state index contributed by atoms with van der Waals surface area (Å²) in [4.78, 5) is 17.2. The zero-order valence-corrected chi connectivity index (χ0v) is 14.5. The number of terminal acetylenes is 1. The van der Waals surface area contributed by atoms with Gasteiger partial charge in [0.25, 0.3) is 0 Å². The third-order valence-electron chi connectivity index (χ3n) is 4.55. The standard InChI is InChI=1S/C20H23N3O2/c1-3-15-25-20(24)18-16-17(22-9-5-6-10-22)7-8-19(18)23-13-11-21(4-2)12-14-23/h1,5-10,16H,4,11-15H2,2H3. The average Bonchev–Trinajstić information content (AvgIpc) is 3.20. The predicted molar refractivity (Wildman–Crippen MR) is 99.2 cm³/mol. The van der Waals surface area contributed by atoms with Crippen LogP contribution >= 0.6 is 0 Å². The Kier molecular flexibility index (Phi) is 5.42. The van der Waals surface area contributed by atoms with E-state index in [1.165, 1.54) is 0 Å². The van der Waals surface area contributed by atoms with Crippen LogP contribution in [0.15, 0.2) is 42.7 Å². The van der Waals surface area contributed by atoms with Crippen LogP contribution in [0.1, 0.15) is 17.3 Å². The van der Waals surface area contributed by atoms with Gasteiger partial charge in [-0.2, -0.15) is 0 Å². The molecule has 5 heteroatoms. The number of aromatic nitrogens is 1. The summed E-state index contributed by atoms with van der Waals surface area (Å²) in [5.74, 6) is 1.98. The number of rotatable bonds is 5. The lowest BCUT2D eigenvalue weighted by Gasteiger charge is -2.36. The number of hydrogen-bond acceptors (Lipinski definition) is 4. The molecule has 2 heterocycles. The minimum atomic E-state index is -0.375. The van der Waals surface area contributed by atoms with Crippen molar-refractivity contribution < 1.29 is 9.53 Å². The molecule has 1 aromatic heterocycles. The van der Waals surface area contributed by atoms with Crippen molar-refractivity contribution in [3.8, 4) is 18.0 Å². The van der Waals surface area contributed by atoms with Gasteiger partial charge in [0.15, 0.2) is 6.61 Å². The van der Waals surface area contributed by atoms with E-state index in [4.69, 9.17) is 11.2 Å². The molecule has 1 aliphatic rings. The molecule has 25 heavy (non-hydrogen) atoms. The number of nitrogens with zero attached hydrogens (tertiary/aromatic N) is 3. The molecule has 0 unspecified atom stereocenters. The van der Waals surface area contributed by atoms with Crippen LogP contribution < -0.4 is 4.90 Å². The van der Waals surface area contributed by atoms with E-state index in [1.54, 1.807) is 0 Å². The van der Waals surface area contributed by atoms with Crippen molar-refractivity contribution in [2.75, 3.05) is 44.2 Å². The van der Waals surface area contributed by atoms with Crippen LogP contribution in [0.2, 0.25) is 0 Å². The van der Waals surface area contributed by atoms with Crippen molar-refractivity contribution in [1.82, 2.24) is 9.47 Å². The monoisotopic (exact) mass is 337 g/mol. The van der Waals surface area contributed by atoms with Crippen molar-refractivity contribution >= 4 is 11.7 Å². The Hall–Kier alpha value is -2.71. The second-order valence-corrected chi connectivity index (χ2v) is 5.99. The van der Waals surface area contributed by atoms with E-state index in [-0.39, 0.29) is 12.6 Å². The van der Waals surface area contributed by atoms with Crippen molar-refractivity contribution in [2.45, 2.75) is 6.92 Å². The Morgan fingerprint density at radius 2 is 1.92 bits per heavy atom. The topological polar surface area (TPSA) is 37.7 Å². The molecule has 0 spiro atoms. The highest BCUT2D eigenvalue weighted by molar-refractivity contribution is 5.96. The molecule has 1 fully saturated rings. The molecule has 130 valence electrons. The number of esters is 1. The van der Waals surface area contributed by atoms with E-state index in [9.17, 15) is 4.79 Å². The zero-order chi connectivity index (χ0) is 17.6. The van der Waals surface area contributed by atoms with Gasteiger partial charge in [-0.25, -0.2) is 4.79 Å². The molecule has 1 aromatic carbocycles. The van der Waals surface area contributed by atoms with Crippen LogP contribution in [0.5, 0.6) is 0 Å². The molecule has 0 saturated carbocycles. The van der Waals surface area contributed by atoms with Gasteiger partial charge in [-0.1, -0.05) is 12.8 Å². The Labute approximate surface area is 148 Å². The summed E-state index contributed by atoms with van der Waals surface area (Å²) in [6.07, 6.45) is 9.13. The Bertz CT molecular complexity index is 754. The van der Waals surface area contributed by atoms with Gasteiger partial charge in [0.1, 0.15) is 0 Å². The largest absolute Gasteiger partial charge is 0.449 e. The lowest BCUT2D eigenvalue weighted by Crippen LogP contribution is -2.46. The smallest absolute Gasteiger partial charge is 0.341 e. The number of anilines is 1. The second kappa shape index (κ2) is 7.91. The summed E-state index contributed by atoms with van der Waals surface area (Å²) < 4.78 is 7.17. The molecule has 1 saturated heterocycles. The lowest BCUT2D eigenvalue weighted by molar-refractivity contribution is 0.0557. The van der Waals surface area contributed by atoms with Gasteiger partial charge in [0, 0.05) is 44.3 Å². The highest BCUT2D eigenvalue weighted by atomic mass is 16.5. The minimum Gasteiger partial charge on any atom is -0.449 e. The van der Waals surface area contributed by atoms with E-state index >= 15 is 0 Å². The number of benzene rings is 1. The summed E-state index contributed by atoms with van der Waals surface area (Å²) in [6, 6.07) is 9.81. The summed E-state index contributed by atoms with van der Waals surface area (Å²) in [7, 11) is 0. The highest BCUT2D eigenvalue weighted by Crippen LogP contribution is 2.26. The molecule has 5 nitrogen and oxygen atoms in total. The quantitative estimate of drug-likeness (QED) is 0.620. The molecule has 3 rings (SSSR count). The lowest BCUT2D eigenvalue weighted by atomic mass is 10.1. The average molecular weight is 337 g/mol. The number of ether oxygens (including phenoxy) is 1. The van der Waals surface area contributed by atoms with Crippen molar-refractivity contribution in [2.24, 2.45) is 0 Å². The van der Waals surface area contributed by atoms with E-state index in [2.05, 4.69) is 22.6 Å². The van der Waals surface area contributed by atoms with Crippen LogP contribution in [-0.2, 0) is 4.74 Å². The van der Waals surface area contributed by atoms with Crippen molar-refractivity contribution in [3.05, 3.63) is 48.3 Å². The molecule has 1 aliphatic heterocycles. The molecule has 0 amide bonds. The maximum Gasteiger partial charge on any atom is 0.341 e. The first-order chi connectivity index (χ1) is 12.2. The van der Waals surface area contributed by atoms with Gasteiger partial charge in [-0.05, 0) is 36.9 Å². The Balaban J connectivity index is 1.91. The summed E-state index contributed by atoms with van der Waals surface area (Å²) in [5, 5.41) is 0. The van der Waals surface area contributed by atoms with Crippen molar-refractivity contribution in [3.63, 3.8) is 0 Å². The molecular formula is C20H23N3O2. The van der Waals surface area contributed by atoms with Crippen LogP contribution in [0.3, 0.4) is 0 Å². The Morgan fingerprint density at radius 1 is 1.20 bits per heavy atom. The third-order valence-corrected chi connectivity index (χ3v) is 4.55. The van der Waals surface area contributed by atoms with Gasteiger partial charge >= 0.3 is 5.97 Å². The van der Waals surface area contributed by atoms with Gasteiger partial charge in [0.05, 0.1) is 11.3 Å². The molecular weight excluding hydrogens is 314 g/mol. The van der Waals surface area contributed by atoms with Gasteiger partial charge < -0.3 is 19.1 Å². The molecule has 0 atom stereocenters. The number of piperazine rings is 1. The summed E-state index contributed by atoms with van der Waals surface area (Å²) >= 11 is 0. The number of hydrogen-bond donors (Lipinski definition) is 0. The third kappa shape index (κ3) is 3.86. The fourth-order valence-corrected chi connectivity index (χ4v) is 3.12. The van der Waals surface area contributed by atoms with Crippen LogP contribution in [-0.4, -0.2) is 54.8 Å². The first-order valence-electron chi connectivity index (χ1n) is 8.58. The van der Waals surface area contributed by atoms with Gasteiger partial charge in [0.2, 0.25) is 0 Å². The second-order valence-electron chi connectivity index (χ2n) is 5.99. The fourth-order valence-electron chi connectivity index (χ4n) is 3.12. The maximum absolute atomic E-state index is 12.5. The van der Waals surface area contributed by atoms with Crippen LogP contribution in [0.25, 0.3) is 5.69 Å². The zero-order valence-electron chi connectivity index (χ0n) is 14.5. The summed E-state index contributed by atoms with van der Waals surface area (Å²) in [6.45, 7) is 6.99. The molecule has 0 radical (unpaired) electrons. The first kappa shape index (κ1) is 17.1. The molecule has 2 aromatic rings. The molecule has 0 aliphatic carbocycles. The van der Waals surface area contributed by atoms with Crippen LogP contribution in [0.4, 0.5) is 5.69 Å². The van der Waals surface area contributed by atoms with Gasteiger partial charge in [-0.15, -0.1) is 6.42 Å². The van der Waals surface area contributed by atoms with E-state index in [0.717, 1.165) is 44.1 Å². The highest BCUT2D eigenvalue weighted by Gasteiger charge is 2.22. The molecule has 0 bridgehead atoms. The van der Waals surface area contributed by atoms with Gasteiger partial charge in [-0.3, -0.25) is 0 Å². The first-order valence-corrected chi connectivity index (χ1v) is 8.58. The Morgan fingerprint density at radius 3 is 2.56 bits per heavy atom. The SMILES string of the molecule is C#CCOC(=O)c1cc(-n2cccc2)ccc1N1CCN(CC)CC1. The molecule has 0 N–H and O–H groups in total.